The van der Waals surface area contributed by atoms with Crippen LogP contribution in [0.4, 0.5) is 0 Å². The predicted octanol–water partition coefficient (Wildman–Crippen LogP) is 3.63. The maximum atomic E-state index is 5.70. The van der Waals surface area contributed by atoms with Crippen molar-refractivity contribution in [3.63, 3.8) is 0 Å². The van der Waals surface area contributed by atoms with Crippen molar-refractivity contribution in [2.24, 2.45) is 0 Å². The van der Waals surface area contributed by atoms with Crippen LogP contribution in [0.5, 0.6) is 5.75 Å². The first-order valence-corrected chi connectivity index (χ1v) is 4.76. The lowest BCUT2D eigenvalue weighted by molar-refractivity contribution is 0.363. The summed E-state index contributed by atoms with van der Waals surface area (Å²) in [5.41, 5.74) is 0. The Morgan fingerprint density at radius 3 is 2.58 bits per heavy atom. The molecule has 0 aromatic heterocycles. The molecule has 0 aliphatic carbocycles. The van der Waals surface area contributed by atoms with E-state index in [2.05, 4.69) is 15.9 Å². The van der Waals surface area contributed by atoms with Crippen LogP contribution in [0.15, 0.2) is 35.3 Å². The first-order chi connectivity index (χ1) is 5.83. The minimum absolute atomic E-state index is 0.562. The van der Waals surface area contributed by atoms with Crippen molar-refractivity contribution in [1.82, 2.24) is 0 Å². The van der Waals surface area contributed by atoms with Gasteiger partial charge >= 0.3 is 0 Å². The molecule has 0 aliphatic heterocycles. The van der Waals surface area contributed by atoms with Crippen molar-refractivity contribution in [3.05, 3.63) is 40.3 Å². The highest BCUT2D eigenvalue weighted by atomic mass is 79.9. The molecule has 0 saturated carbocycles. The molecule has 1 nitrogen and oxygen atoms in total. The van der Waals surface area contributed by atoms with Gasteiger partial charge < -0.3 is 4.74 Å². The lowest BCUT2D eigenvalue weighted by atomic mass is 10.3. The molecule has 64 valence electrons. The molecule has 0 N–H and O–H groups in total. The Bertz CT molecular complexity index is 256. The van der Waals surface area contributed by atoms with E-state index in [9.17, 15) is 0 Å². The van der Waals surface area contributed by atoms with E-state index in [0.717, 1.165) is 10.8 Å². The van der Waals surface area contributed by atoms with Crippen molar-refractivity contribution in [2.45, 2.75) is 0 Å². The van der Waals surface area contributed by atoms with Crippen LogP contribution in [0.1, 0.15) is 0 Å². The maximum absolute atomic E-state index is 5.70. The Kier molecular flexibility index (Phi) is 4.19. The Labute approximate surface area is 85.1 Å². The van der Waals surface area contributed by atoms with Crippen molar-refractivity contribution in [3.8, 4) is 5.75 Å². The van der Waals surface area contributed by atoms with Crippen molar-refractivity contribution >= 4 is 27.5 Å². The summed E-state index contributed by atoms with van der Waals surface area (Å²) in [6, 6.07) is 7.28. The van der Waals surface area contributed by atoms with E-state index < -0.39 is 0 Å². The van der Waals surface area contributed by atoms with Crippen LogP contribution in [-0.4, -0.2) is 6.61 Å². The number of rotatable bonds is 3. The summed E-state index contributed by atoms with van der Waals surface area (Å²) < 4.78 is 5.33. The van der Waals surface area contributed by atoms with Gasteiger partial charge in [0.2, 0.25) is 0 Å². The lowest BCUT2D eigenvalue weighted by Gasteiger charge is -2.01. The van der Waals surface area contributed by atoms with Crippen molar-refractivity contribution < 1.29 is 4.74 Å². The van der Waals surface area contributed by atoms with E-state index >= 15 is 0 Å². The topological polar surface area (TPSA) is 9.23 Å². The van der Waals surface area contributed by atoms with Gasteiger partial charge in [0.25, 0.3) is 0 Å². The lowest BCUT2D eigenvalue weighted by Crippen LogP contribution is -1.91. The Morgan fingerprint density at radius 1 is 1.33 bits per heavy atom. The van der Waals surface area contributed by atoms with E-state index in [0.29, 0.717) is 6.61 Å². The zero-order valence-electron chi connectivity index (χ0n) is 6.34. The van der Waals surface area contributed by atoms with E-state index in [4.69, 9.17) is 16.3 Å². The Balaban J connectivity index is 2.47. The molecule has 0 fully saturated rings. The number of ether oxygens (including phenoxy) is 1. The normalized spacial score (nSPS) is 10.5. The van der Waals surface area contributed by atoms with E-state index in [1.807, 2.05) is 18.2 Å². The average molecular weight is 248 g/mol. The van der Waals surface area contributed by atoms with Crippen LogP contribution in [-0.2, 0) is 0 Å². The quantitative estimate of drug-likeness (QED) is 0.792. The number of hydrogen-bond acceptors (Lipinski definition) is 1. The predicted molar refractivity (Wildman–Crippen MR) is 55.0 cm³/mol. The van der Waals surface area contributed by atoms with Crippen molar-refractivity contribution in [1.29, 1.82) is 0 Å². The molecule has 0 bridgehead atoms. The molecule has 0 unspecified atom stereocenters. The third kappa shape index (κ3) is 3.28. The van der Waals surface area contributed by atoms with Gasteiger partial charge in [0.15, 0.2) is 0 Å². The molecule has 0 saturated heterocycles. The zero-order valence-corrected chi connectivity index (χ0v) is 8.68. The van der Waals surface area contributed by atoms with Crippen LogP contribution in [0.25, 0.3) is 0 Å². The first kappa shape index (κ1) is 9.62. The minimum atomic E-state index is 0.562. The second-order valence-corrected chi connectivity index (χ2v) is 3.09. The number of halogens is 2. The highest BCUT2D eigenvalue weighted by Gasteiger charge is 1.90. The van der Waals surface area contributed by atoms with Gasteiger partial charge in [-0.1, -0.05) is 27.5 Å². The summed E-state index contributed by atoms with van der Waals surface area (Å²) >= 11 is 8.85. The van der Waals surface area contributed by atoms with Crippen LogP contribution in [0.3, 0.4) is 0 Å². The Morgan fingerprint density at radius 2 is 2.00 bits per heavy atom. The van der Waals surface area contributed by atoms with Crippen LogP contribution < -0.4 is 4.74 Å². The highest BCUT2D eigenvalue weighted by Crippen LogP contribution is 2.15. The fraction of sp³-hybridized carbons (Fsp3) is 0.111. The van der Waals surface area contributed by atoms with Gasteiger partial charge in [-0.3, -0.25) is 0 Å². The summed E-state index contributed by atoms with van der Waals surface area (Å²) in [5, 5.41) is 0.721. The standard InChI is InChI=1S/C9H8BrClO/c10-6-1-7-12-9-4-2-8(11)3-5-9/h1-6H,7H2/b6-1+. The van der Waals surface area contributed by atoms with Crippen molar-refractivity contribution in [2.75, 3.05) is 6.61 Å². The van der Waals surface area contributed by atoms with Gasteiger partial charge in [0.1, 0.15) is 12.4 Å². The fourth-order valence-corrected chi connectivity index (χ4v) is 0.990. The number of benzene rings is 1. The molecule has 1 rings (SSSR count). The zero-order chi connectivity index (χ0) is 8.81. The summed E-state index contributed by atoms with van der Waals surface area (Å²) in [6.45, 7) is 0.562. The molecule has 12 heavy (non-hydrogen) atoms. The molecule has 0 heterocycles. The van der Waals surface area contributed by atoms with Gasteiger partial charge in [0, 0.05) is 5.02 Å². The summed E-state index contributed by atoms with van der Waals surface area (Å²) in [7, 11) is 0. The third-order valence-corrected chi connectivity index (χ3v) is 1.87. The molecule has 0 amide bonds. The van der Waals surface area contributed by atoms with Crippen LogP contribution in [0.2, 0.25) is 5.02 Å². The third-order valence-electron chi connectivity index (χ3n) is 1.25. The summed E-state index contributed by atoms with van der Waals surface area (Å²) in [5.74, 6) is 0.824. The molecular formula is C9H8BrClO. The smallest absolute Gasteiger partial charge is 0.119 e. The summed E-state index contributed by atoms with van der Waals surface area (Å²) in [6.07, 6.45) is 1.87. The molecule has 1 aromatic carbocycles. The second-order valence-electron chi connectivity index (χ2n) is 2.13. The number of hydrogen-bond donors (Lipinski definition) is 0. The van der Waals surface area contributed by atoms with E-state index in [-0.39, 0.29) is 0 Å². The largest absolute Gasteiger partial charge is 0.490 e. The molecule has 0 spiro atoms. The molecule has 3 heteroatoms. The van der Waals surface area contributed by atoms with Crippen LogP contribution >= 0.6 is 27.5 Å². The van der Waals surface area contributed by atoms with Gasteiger partial charge in [0.05, 0.1) is 0 Å². The highest BCUT2D eigenvalue weighted by molar-refractivity contribution is 9.11. The molecule has 1 aromatic rings. The molecular weight excluding hydrogens is 239 g/mol. The van der Waals surface area contributed by atoms with Crippen LogP contribution in [0, 0.1) is 0 Å². The second kappa shape index (κ2) is 5.22. The van der Waals surface area contributed by atoms with E-state index in [1.54, 1.807) is 17.1 Å². The fourth-order valence-electron chi connectivity index (χ4n) is 0.712. The van der Waals surface area contributed by atoms with Gasteiger partial charge in [-0.15, -0.1) is 0 Å². The molecule has 0 atom stereocenters. The maximum Gasteiger partial charge on any atom is 0.119 e. The van der Waals surface area contributed by atoms with Gasteiger partial charge in [-0.25, -0.2) is 0 Å². The Hall–Kier alpha value is -0.470. The average Bonchev–Trinajstić information content (AvgIpc) is 2.09. The SMILES string of the molecule is Clc1ccc(OC/C=C/Br)cc1. The molecule has 0 radical (unpaired) electrons. The first-order valence-electron chi connectivity index (χ1n) is 3.46. The van der Waals surface area contributed by atoms with Gasteiger partial charge in [-0.2, -0.15) is 0 Å². The monoisotopic (exact) mass is 246 g/mol. The van der Waals surface area contributed by atoms with E-state index in [1.165, 1.54) is 0 Å². The summed E-state index contributed by atoms with van der Waals surface area (Å²) in [4.78, 5) is 1.77. The minimum Gasteiger partial charge on any atom is -0.490 e. The van der Waals surface area contributed by atoms with Gasteiger partial charge in [-0.05, 0) is 35.3 Å². The molecule has 0 aliphatic rings.